The summed E-state index contributed by atoms with van der Waals surface area (Å²) in [6, 6.07) is 5.92. The van der Waals surface area contributed by atoms with Crippen LogP contribution in [0.1, 0.15) is 5.82 Å². The minimum atomic E-state index is 0.756. The Kier molecular flexibility index (Phi) is 1.97. The molecular formula is C11H12ClN3. The highest BCUT2D eigenvalue weighted by Gasteiger charge is 2.17. The number of rotatable bonds is 0. The number of fused-ring (bicyclic) bond motifs is 3. The predicted molar refractivity (Wildman–Crippen MR) is 61.1 cm³/mol. The van der Waals surface area contributed by atoms with Crippen LogP contribution in [0.3, 0.4) is 0 Å². The van der Waals surface area contributed by atoms with E-state index in [-0.39, 0.29) is 0 Å². The van der Waals surface area contributed by atoms with Crippen molar-refractivity contribution in [2.45, 2.75) is 13.1 Å². The van der Waals surface area contributed by atoms with Crippen LogP contribution in [0.25, 0.3) is 11.0 Å². The lowest BCUT2D eigenvalue weighted by atomic mass is 10.3. The van der Waals surface area contributed by atoms with Crippen LogP contribution in [0.4, 0.5) is 0 Å². The molecule has 1 aliphatic heterocycles. The number of halogens is 1. The average Bonchev–Trinajstić information content (AvgIpc) is 2.53. The van der Waals surface area contributed by atoms with E-state index in [4.69, 9.17) is 11.6 Å². The topological polar surface area (TPSA) is 21.1 Å². The molecule has 78 valence electrons. The van der Waals surface area contributed by atoms with Crippen molar-refractivity contribution in [3.05, 3.63) is 29.0 Å². The van der Waals surface area contributed by atoms with E-state index in [0.717, 1.165) is 36.0 Å². The largest absolute Gasteiger partial charge is 0.326 e. The smallest absolute Gasteiger partial charge is 0.124 e. The van der Waals surface area contributed by atoms with Crippen molar-refractivity contribution in [3.8, 4) is 0 Å². The second-order valence-corrected chi connectivity index (χ2v) is 4.49. The number of nitrogens with zero attached hydrogens (tertiary/aromatic N) is 3. The second kappa shape index (κ2) is 3.22. The van der Waals surface area contributed by atoms with Crippen molar-refractivity contribution < 1.29 is 0 Å². The summed E-state index contributed by atoms with van der Waals surface area (Å²) in [5.41, 5.74) is 2.20. The van der Waals surface area contributed by atoms with E-state index in [1.807, 2.05) is 12.1 Å². The van der Waals surface area contributed by atoms with E-state index >= 15 is 0 Å². The Bertz CT molecular complexity index is 518. The van der Waals surface area contributed by atoms with E-state index in [9.17, 15) is 0 Å². The third-order valence-corrected chi connectivity index (χ3v) is 3.14. The number of aromatic nitrogens is 2. The van der Waals surface area contributed by atoms with Crippen LogP contribution in [0.5, 0.6) is 0 Å². The molecule has 0 atom stereocenters. The molecule has 0 N–H and O–H groups in total. The number of benzene rings is 1. The quantitative estimate of drug-likeness (QED) is 0.680. The SMILES string of the molecule is CN1CCn2c(nc3cc(Cl)ccc32)C1. The zero-order chi connectivity index (χ0) is 10.4. The first-order valence-corrected chi connectivity index (χ1v) is 5.45. The molecule has 2 heterocycles. The van der Waals surface area contributed by atoms with E-state index in [1.165, 1.54) is 5.52 Å². The standard InChI is InChI=1S/C11H12ClN3/c1-14-4-5-15-10-3-2-8(12)6-9(10)13-11(15)7-14/h2-3,6H,4-5,7H2,1H3. The van der Waals surface area contributed by atoms with Crippen LogP contribution in [0, 0.1) is 0 Å². The fourth-order valence-electron chi connectivity index (χ4n) is 2.11. The van der Waals surface area contributed by atoms with E-state index in [2.05, 4.69) is 27.6 Å². The lowest BCUT2D eigenvalue weighted by molar-refractivity contribution is 0.267. The first kappa shape index (κ1) is 9.19. The van der Waals surface area contributed by atoms with Crippen LogP contribution in [-0.4, -0.2) is 28.0 Å². The van der Waals surface area contributed by atoms with E-state index in [1.54, 1.807) is 0 Å². The van der Waals surface area contributed by atoms with Gasteiger partial charge in [0.1, 0.15) is 5.82 Å². The van der Waals surface area contributed by atoms with Gasteiger partial charge in [-0.25, -0.2) is 4.98 Å². The summed E-state index contributed by atoms with van der Waals surface area (Å²) in [5.74, 6) is 1.14. The highest BCUT2D eigenvalue weighted by atomic mass is 35.5. The molecule has 1 aliphatic rings. The minimum absolute atomic E-state index is 0.756. The van der Waals surface area contributed by atoms with Gasteiger partial charge in [-0.2, -0.15) is 0 Å². The lowest BCUT2D eigenvalue weighted by Crippen LogP contribution is -2.30. The number of imidazole rings is 1. The molecule has 3 nitrogen and oxygen atoms in total. The minimum Gasteiger partial charge on any atom is -0.326 e. The van der Waals surface area contributed by atoms with Gasteiger partial charge in [-0.05, 0) is 25.2 Å². The molecule has 0 bridgehead atoms. The summed E-state index contributed by atoms with van der Waals surface area (Å²) < 4.78 is 2.28. The summed E-state index contributed by atoms with van der Waals surface area (Å²) in [6.07, 6.45) is 0. The lowest BCUT2D eigenvalue weighted by Gasteiger charge is -2.23. The third kappa shape index (κ3) is 1.43. The average molecular weight is 222 g/mol. The molecule has 0 saturated carbocycles. The third-order valence-electron chi connectivity index (χ3n) is 2.91. The van der Waals surface area contributed by atoms with Gasteiger partial charge in [0.2, 0.25) is 0 Å². The summed E-state index contributed by atoms with van der Waals surface area (Å²) in [4.78, 5) is 6.88. The Balaban J connectivity index is 2.23. The first-order chi connectivity index (χ1) is 7.24. The summed E-state index contributed by atoms with van der Waals surface area (Å²) >= 11 is 5.95. The molecule has 0 amide bonds. The van der Waals surface area contributed by atoms with Gasteiger partial charge in [0.05, 0.1) is 17.6 Å². The number of likely N-dealkylation sites (N-methyl/N-ethyl adjacent to an activating group) is 1. The van der Waals surface area contributed by atoms with Crippen molar-refractivity contribution in [1.82, 2.24) is 14.5 Å². The second-order valence-electron chi connectivity index (χ2n) is 4.05. The van der Waals surface area contributed by atoms with Gasteiger partial charge in [0.25, 0.3) is 0 Å². The maximum absolute atomic E-state index is 5.95. The predicted octanol–water partition coefficient (Wildman–Crippen LogP) is 2.14. The first-order valence-electron chi connectivity index (χ1n) is 5.07. The van der Waals surface area contributed by atoms with Crippen molar-refractivity contribution in [2.24, 2.45) is 0 Å². The molecule has 3 rings (SSSR count). The Labute approximate surface area is 93.3 Å². The van der Waals surface area contributed by atoms with Crippen LogP contribution < -0.4 is 0 Å². The van der Waals surface area contributed by atoms with Crippen LogP contribution in [-0.2, 0) is 13.1 Å². The van der Waals surface area contributed by atoms with Crippen molar-refractivity contribution in [1.29, 1.82) is 0 Å². The molecule has 0 saturated heterocycles. The van der Waals surface area contributed by atoms with Gasteiger partial charge in [-0.3, -0.25) is 4.90 Å². The molecule has 15 heavy (non-hydrogen) atoms. The van der Waals surface area contributed by atoms with E-state index < -0.39 is 0 Å². The molecule has 0 fully saturated rings. The Morgan fingerprint density at radius 2 is 2.20 bits per heavy atom. The van der Waals surface area contributed by atoms with Crippen LogP contribution in [0.2, 0.25) is 5.02 Å². The molecule has 4 heteroatoms. The van der Waals surface area contributed by atoms with Crippen LogP contribution in [0.15, 0.2) is 18.2 Å². The molecule has 1 aromatic heterocycles. The highest BCUT2D eigenvalue weighted by Crippen LogP contribution is 2.22. The monoisotopic (exact) mass is 221 g/mol. The Morgan fingerprint density at radius 3 is 3.07 bits per heavy atom. The molecule has 0 unspecified atom stereocenters. The van der Waals surface area contributed by atoms with Crippen molar-refractivity contribution in [2.75, 3.05) is 13.6 Å². The number of hydrogen-bond donors (Lipinski definition) is 0. The Hall–Kier alpha value is -1.06. The fourth-order valence-corrected chi connectivity index (χ4v) is 2.28. The van der Waals surface area contributed by atoms with Gasteiger partial charge in [-0.15, -0.1) is 0 Å². The summed E-state index contributed by atoms with van der Waals surface area (Å²) in [6.45, 7) is 3.03. The van der Waals surface area contributed by atoms with Gasteiger partial charge in [-0.1, -0.05) is 11.6 Å². The molecule has 0 spiro atoms. The normalized spacial score (nSPS) is 16.9. The highest BCUT2D eigenvalue weighted by molar-refractivity contribution is 6.31. The molecule has 0 radical (unpaired) electrons. The zero-order valence-electron chi connectivity index (χ0n) is 8.57. The van der Waals surface area contributed by atoms with Gasteiger partial charge < -0.3 is 4.57 Å². The maximum Gasteiger partial charge on any atom is 0.124 e. The van der Waals surface area contributed by atoms with Crippen molar-refractivity contribution in [3.63, 3.8) is 0 Å². The van der Waals surface area contributed by atoms with Gasteiger partial charge in [0.15, 0.2) is 0 Å². The molecule has 1 aromatic carbocycles. The Morgan fingerprint density at radius 1 is 1.33 bits per heavy atom. The van der Waals surface area contributed by atoms with Crippen molar-refractivity contribution >= 4 is 22.6 Å². The summed E-state index contributed by atoms with van der Waals surface area (Å²) in [7, 11) is 2.12. The van der Waals surface area contributed by atoms with Gasteiger partial charge >= 0.3 is 0 Å². The molecule has 2 aromatic rings. The maximum atomic E-state index is 5.95. The number of hydrogen-bond acceptors (Lipinski definition) is 2. The zero-order valence-corrected chi connectivity index (χ0v) is 9.33. The molecular weight excluding hydrogens is 210 g/mol. The summed E-state index contributed by atoms with van der Waals surface area (Å²) in [5, 5.41) is 0.756. The van der Waals surface area contributed by atoms with Gasteiger partial charge in [0, 0.05) is 18.1 Å². The van der Waals surface area contributed by atoms with Crippen LogP contribution >= 0.6 is 11.6 Å². The van der Waals surface area contributed by atoms with E-state index in [0.29, 0.717) is 0 Å². The fraction of sp³-hybridized carbons (Fsp3) is 0.364. The molecule has 0 aliphatic carbocycles.